The topological polar surface area (TPSA) is 57.5 Å². The molecule has 0 heterocycles. The van der Waals surface area contributed by atoms with Crippen LogP contribution in [0.1, 0.15) is 64.7 Å². The third-order valence-corrected chi connectivity index (χ3v) is 3.18. The van der Waals surface area contributed by atoms with Crippen molar-refractivity contribution in [2.24, 2.45) is 0 Å². The zero-order chi connectivity index (χ0) is 15.8. The first kappa shape index (κ1) is 19.7. The van der Waals surface area contributed by atoms with E-state index in [0.29, 0.717) is 12.8 Å². The average molecular weight is 294 g/mol. The van der Waals surface area contributed by atoms with Crippen molar-refractivity contribution in [1.82, 2.24) is 0 Å². The lowest BCUT2D eigenvalue weighted by molar-refractivity contribution is -0.137. The number of rotatable bonds is 13. The van der Waals surface area contributed by atoms with E-state index in [1.165, 1.54) is 12.8 Å². The van der Waals surface area contributed by atoms with E-state index in [0.717, 1.165) is 25.7 Å². The molecule has 0 saturated heterocycles. The van der Waals surface area contributed by atoms with Crippen molar-refractivity contribution >= 4 is 5.97 Å². The fraction of sp³-hybridized carbons (Fsp3) is 0.611. The molecule has 3 heteroatoms. The van der Waals surface area contributed by atoms with Crippen molar-refractivity contribution in [3.05, 3.63) is 36.5 Å². The van der Waals surface area contributed by atoms with Crippen LogP contribution in [0.25, 0.3) is 0 Å². The van der Waals surface area contributed by atoms with Gasteiger partial charge in [-0.05, 0) is 32.1 Å². The van der Waals surface area contributed by atoms with Crippen molar-refractivity contribution in [3.63, 3.8) is 0 Å². The molecule has 0 aromatic carbocycles. The van der Waals surface area contributed by atoms with Crippen LogP contribution < -0.4 is 0 Å². The van der Waals surface area contributed by atoms with E-state index in [1.54, 1.807) is 0 Å². The zero-order valence-corrected chi connectivity index (χ0v) is 13.2. The smallest absolute Gasteiger partial charge is 0.303 e. The van der Waals surface area contributed by atoms with Crippen LogP contribution >= 0.6 is 0 Å². The molecule has 1 unspecified atom stereocenters. The quantitative estimate of drug-likeness (QED) is 0.384. The first-order chi connectivity index (χ1) is 10.2. The predicted octanol–water partition coefficient (Wildman–Crippen LogP) is 4.63. The first-order valence-electron chi connectivity index (χ1n) is 8.05. The second kappa shape index (κ2) is 15.0. The lowest BCUT2D eigenvalue weighted by atomic mass is 10.1. The summed E-state index contributed by atoms with van der Waals surface area (Å²) in [4.78, 5) is 10.3. The fourth-order valence-corrected chi connectivity index (χ4v) is 1.88. The normalized spacial score (nSPS) is 13.6. The molecule has 0 saturated carbocycles. The molecule has 0 fully saturated rings. The van der Waals surface area contributed by atoms with Gasteiger partial charge in [0.1, 0.15) is 0 Å². The Balaban J connectivity index is 3.45. The number of hydrogen-bond donors (Lipinski definition) is 2. The van der Waals surface area contributed by atoms with E-state index in [-0.39, 0.29) is 6.42 Å². The summed E-state index contributed by atoms with van der Waals surface area (Å²) in [6.45, 7) is 2.19. The van der Waals surface area contributed by atoms with Crippen LogP contribution in [0.5, 0.6) is 0 Å². The Morgan fingerprint density at radius 3 is 2.14 bits per heavy atom. The Bertz CT molecular complexity index is 329. The SMILES string of the molecule is CCCC/C=C/C=C/C=C/CCCCC(O)CCC(=O)O. The Morgan fingerprint density at radius 2 is 1.57 bits per heavy atom. The molecule has 21 heavy (non-hydrogen) atoms. The third kappa shape index (κ3) is 16.6. The second-order valence-corrected chi connectivity index (χ2v) is 5.25. The lowest BCUT2D eigenvalue weighted by Crippen LogP contribution is -2.09. The van der Waals surface area contributed by atoms with Crippen LogP contribution in [0, 0.1) is 0 Å². The highest BCUT2D eigenvalue weighted by atomic mass is 16.4. The molecule has 0 aliphatic carbocycles. The second-order valence-electron chi connectivity index (χ2n) is 5.25. The molecule has 0 aliphatic rings. The Morgan fingerprint density at radius 1 is 0.952 bits per heavy atom. The molecule has 0 bridgehead atoms. The monoisotopic (exact) mass is 294 g/mol. The van der Waals surface area contributed by atoms with E-state index >= 15 is 0 Å². The van der Waals surface area contributed by atoms with Crippen molar-refractivity contribution in [2.45, 2.75) is 70.8 Å². The minimum Gasteiger partial charge on any atom is -0.481 e. The van der Waals surface area contributed by atoms with Gasteiger partial charge in [-0.15, -0.1) is 0 Å². The maximum absolute atomic E-state index is 10.3. The summed E-state index contributed by atoms with van der Waals surface area (Å²) < 4.78 is 0. The average Bonchev–Trinajstić information content (AvgIpc) is 2.46. The fourth-order valence-electron chi connectivity index (χ4n) is 1.88. The number of carbonyl (C=O) groups is 1. The van der Waals surface area contributed by atoms with Crippen LogP contribution in [0.2, 0.25) is 0 Å². The van der Waals surface area contributed by atoms with Crippen molar-refractivity contribution < 1.29 is 15.0 Å². The summed E-state index contributed by atoms with van der Waals surface area (Å²) in [6, 6.07) is 0. The maximum atomic E-state index is 10.3. The van der Waals surface area contributed by atoms with Gasteiger partial charge in [0.05, 0.1) is 6.10 Å². The number of hydrogen-bond acceptors (Lipinski definition) is 2. The molecule has 1 atom stereocenters. The van der Waals surface area contributed by atoms with Crippen LogP contribution in [0.3, 0.4) is 0 Å². The lowest BCUT2D eigenvalue weighted by Gasteiger charge is -2.07. The van der Waals surface area contributed by atoms with Crippen molar-refractivity contribution in [2.75, 3.05) is 0 Å². The van der Waals surface area contributed by atoms with Gasteiger partial charge >= 0.3 is 5.97 Å². The number of unbranched alkanes of at least 4 members (excludes halogenated alkanes) is 4. The first-order valence-corrected chi connectivity index (χ1v) is 8.05. The number of aliphatic carboxylic acids is 1. The molecule has 0 radical (unpaired) electrons. The van der Waals surface area contributed by atoms with Gasteiger partial charge in [0.15, 0.2) is 0 Å². The van der Waals surface area contributed by atoms with Gasteiger partial charge in [-0.3, -0.25) is 4.79 Å². The molecule has 3 nitrogen and oxygen atoms in total. The van der Waals surface area contributed by atoms with Gasteiger partial charge in [-0.2, -0.15) is 0 Å². The Labute approximate surface area is 129 Å². The summed E-state index contributed by atoms with van der Waals surface area (Å²) in [5, 5.41) is 18.1. The van der Waals surface area contributed by atoms with Crippen molar-refractivity contribution in [1.29, 1.82) is 0 Å². The zero-order valence-electron chi connectivity index (χ0n) is 13.2. The van der Waals surface area contributed by atoms with Crippen LogP contribution in [0.4, 0.5) is 0 Å². The molecule has 2 N–H and O–H groups in total. The van der Waals surface area contributed by atoms with Gasteiger partial charge in [0.2, 0.25) is 0 Å². The summed E-state index contributed by atoms with van der Waals surface area (Å²) in [6.07, 6.45) is 19.7. The van der Waals surface area contributed by atoms with Gasteiger partial charge in [0, 0.05) is 6.42 Å². The molecule has 0 spiro atoms. The summed E-state index contributed by atoms with van der Waals surface area (Å²) in [5.74, 6) is -0.840. The summed E-state index contributed by atoms with van der Waals surface area (Å²) in [5.41, 5.74) is 0. The van der Waals surface area contributed by atoms with Crippen LogP contribution in [-0.2, 0) is 4.79 Å². The maximum Gasteiger partial charge on any atom is 0.303 e. The summed E-state index contributed by atoms with van der Waals surface area (Å²) in [7, 11) is 0. The van der Waals surface area contributed by atoms with E-state index in [9.17, 15) is 9.90 Å². The number of aliphatic hydroxyl groups excluding tert-OH is 1. The highest BCUT2D eigenvalue weighted by Gasteiger charge is 2.06. The molecular weight excluding hydrogens is 264 g/mol. The van der Waals surface area contributed by atoms with Gasteiger partial charge in [-0.1, -0.05) is 62.6 Å². The van der Waals surface area contributed by atoms with E-state index in [1.807, 2.05) is 18.2 Å². The van der Waals surface area contributed by atoms with Crippen LogP contribution in [-0.4, -0.2) is 22.3 Å². The molecular formula is C18H30O3. The number of carboxylic acid groups (broad SMARTS) is 1. The number of aliphatic hydroxyl groups is 1. The molecule has 0 aromatic rings. The Hall–Kier alpha value is -1.35. The standard InChI is InChI=1S/C18H30O3/c1-2-3-4-5-6-7-8-9-10-11-12-13-14-17(19)15-16-18(20)21/h5-10,17,19H,2-4,11-16H2,1H3,(H,20,21)/b6-5+,8-7+,10-9+. The summed E-state index contributed by atoms with van der Waals surface area (Å²) >= 11 is 0. The number of carboxylic acids is 1. The molecule has 120 valence electrons. The predicted molar refractivity (Wildman–Crippen MR) is 88.3 cm³/mol. The van der Waals surface area contributed by atoms with Gasteiger partial charge < -0.3 is 10.2 Å². The molecule has 0 rings (SSSR count). The molecule has 0 aliphatic heterocycles. The van der Waals surface area contributed by atoms with E-state index < -0.39 is 12.1 Å². The molecule has 0 aromatic heterocycles. The third-order valence-electron chi connectivity index (χ3n) is 3.18. The van der Waals surface area contributed by atoms with Gasteiger partial charge in [-0.25, -0.2) is 0 Å². The van der Waals surface area contributed by atoms with Gasteiger partial charge in [0.25, 0.3) is 0 Å². The van der Waals surface area contributed by atoms with Crippen molar-refractivity contribution in [3.8, 4) is 0 Å². The Kier molecular flexibility index (Phi) is 14.1. The largest absolute Gasteiger partial charge is 0.481 e. The highest BCUT2D eigenvalue weighted by Crippen LogP contribution is 2.08. The number of allylic oxidation sites excluding steroid dienone is 6. The minimum atomic E-state index is -0.840. The molecule has 0 amide bonds. The van der Waals surface area contributed by atoms with E-state index in [2.05, 4.69) is 25.2 Å². The van der Waals surface area contributed by atoms with Crippen LogP contribution in [0.15, 0.2) is 36.5 Å². The van der Waals surface area contributed by atoms with E-state index in [4.69, 9.17) is 5.11 Å². The minimum absolute atomic E-state index is 0.0532. The highest BCUT2D eigenvalue weighted by molar-refractivity contribution is 5.66.